The van der Waals surface area contributed by atoms with E-state index in [9.17, 15) is 0 Å². The Kier molecular flexibility index (Phi) is 5.76. The second-order valence-electron chi connectivity index (χ2n) is 8.32. The molecular weight excluding hydrogens is 432 g/mol. The van der Waals surface area contributed by atoms with Crippen LogP contribution >= 0.6 is 11.8 Å². The fourth-order valence-electron chi connectivity index (χ4n) is 4.55. The number of rotatable bonds is 4. The molecule has 2 aromatic carbocycles. The molecule has 0 atom stereocenters. The third kappa shape index (κ3) is 4.24. The largest absolute Gasteiger partial charge is 0.378 e. The number of pyridine rings is 2. The molecule has 6 nitrogen and oxygen atoms in total. The molecule has 168 valence electrons. The average Bonchev–Trinajstić information content (AvgIpc) is 2.89. The van der Waals surface area contributed by atoms with E-state index in [1.165, 1.54) is 31.9 Å². The topological polar surface area (TPSA) is 50.7 Å². The van der Waals surface area contributed by atoms with Gasteiger partial charge in [-0.2, -0.15) is 0 Å². The summed E-state index contributed by atoms with van der Waals surface area (Å²) in [4.78, 5) is 16.5. The number of anilines is 2. The summed E-state index contributed by atoms with van der Waals surface area (Å²) in [6.45, 7) is 6.83. The molecule has 0 saturated carbocycles. The Morgan fingerprint density at radius 1 is 0.606 bits per heavy atom. The Morgan fingerprint density at radius 3 is 1.52 bits per heavy atom. The van der Waals surface area contributed by atoms with Crippen molar-refractivity contribution < 1.29 is 9.47 Å². The molecule has 2 aliphatic heterocycles. The molecule has 4 heterocycles. The Bertz CT molecular complexity index is 1190. The third-order valence-corrected chi connectivity index (χ3v) is 7.50. The SMILES string of the molecule is c1cc(Sc2ccnc3cc(N4CCOCC4)ccc23)c2ccc(N3CCOCC3)cc2n1. The van der Waals surface area contributed by atoms with Crippen molar-refractivity contribution in [1.29, 1.82) is 0 Å². The van der Waals surface area contributed by atoms with Crippen LogP contribution in [0.25, 0.3) is 21.8 Å². The Balaban J connectivity index is 1.31. The van der Waals surface area contributed by atoms with Crippen LogP contribution in [-0.2, 0) is 9.47 Å². The van der Waals surface area contributed by atoms with E-state index in [-0.39, 0.29) is 0 Å². The summed E-state index contributed by atoms with van der Waals surface area (Å²) in [5.74, 6) is 0. The summed E-state index contributed by atoms with van der Waals surface area (Å²) in [5.41, 5.74) is 4.48. The molecule has 2 fully saturated rings. The first-order valence-electron chi connectivity index (χ1n) is 11.5. The summed E-state index contributed by atoms with van der Waals surface area (Å²) in [5, 5.41) is 2.35. The van der Waals surface area contributed by atoms with Crippen molar-refractivity contribution in [2.24, 2.45) is 0 Å². The molecule has 0 spiro atoms. The molecule has 7 heteroatoms. The second kappa shape index (κ2) is 9.17. The van der Waals surface area contributed by atoms with Crippen molar-refractivity contribution in [3.63, 3.8) is 0 Å². The number of aromatic nitrogens is 2. The van der Waals surface area contributed by atoms with E-state index in [1.807, 2.05) is 12.4 Å². The number of hydrogen-bond donors (Lipinski definition) is 0. The number of morpholine rings is 2. The van der Waals surface area contributed by atoms with Gasteiger partial charge in [0.05, 0.1) is 37.5 Å². The smallest absolute Gasteiger partial charge is 0.0733 e. The second-order valence-corrected chi connectivity index (χ2v) is 9.41. The summed E-state index contributed by atoms with van der Waals surface area (Å²) in [6, 6.07) is 17.4. The molecule has 6 rings (SSSR count). The van der Waals surface area contributed by atoms with Crippen molar-refractivity contribution in [3.8, 4) is 0 Å². The maximum atomic E-state index is 5.50. The number of benzene rings is 2. The van der Waals surface area contributed by atoms with Crippen molar-refractivity contribution in [2.45, 2.75) is 9.79 Å². The van der Waals surface area contributed by atoms with Gasteiger partial charge in [0.2, 0.25) is 0 Å². The summed E-state index contributed by atoms with van der Waals surface area (Å²) >= 11 is 1.78. The van der Waals surface area contributed by atoms with E-state index in [2.05, 4.69) is 68.3 Å². The molecule has 33 heavy (non-hydrogen) atoms. The summed E-state index contributed by atoms with van der Waals surface area (Å²) < 4.78 is 11.0. The van der Waals surface area contributed by atoms with Crippen LogP contribution in [0.1, 0.15) is 0 Å². The fraction of sp³-hybridized carbons (Fsp3) is 0.308. The molecule has 2 aliphatic rings. The molecule has 4 aromatic rings. The summed E-state index contributed by atoms with van der Waals surface area (Å²) in [7, 11) is 0. The highest BCUT2D eigenvalue weighted by Gasteiger charge is 2.15. The van der Waals surface area contributed by atoms with Crippen molar-refractivity contribution in [2.75, 3.05) is 62.4 Å². The van der Waals surface area contributed by atoms with Gasteiger partial charge < -0.3 is 19.3 Å². The van der Waals surface area contributed by atoms with E-state index in [0.29, 0.717) is 0 Å². The standard InChI is InChI=1S/C26H26N4O2S/c1-3-21-23(17-19(1)29-9-13-31-14-10-29)27-7-5-25(21)33-26-6-8-28-24-18-20(2-4-22(24)26)30-11-15-32-16-12-30/h1-8,17-18H,9-16H2. The number of fused-ring (bicyclic) bond motifs is 2. The molecule has 0 aliphatic carbocycles. The van der Waals surface area contributed by atoms with Crippen LogP contribution in [0.5, 0.6) is 0 Å². The van der Waals surface area contributed by atoms with Crippen molar-refractivity contribution in [1.82, 2.24) is 9.97 Å². The molecule has 0 unspecified atom stereocenters. The van der Waals surface area contributed by atoms with Gasteiger partial charge in [-0.3, -0.25) is 9.97 Å². The van der Waals surface area contributed by atoms with Gasteiger partial charge in [0.1, 0.15) is 0 Å². The van der Waals surface area contributed by atoms with Gasteiger partial charge in [0, 0.05) is 70.5 Å². The lowest BCUT2D eigenvalue weighted by molar-refractivity contribution is 0.122. The molecule has 2 saturated heterocycles. The average molecular weight is 459 g/mol. The first-order chi connectivity index (χ1) is 16.3. The maximum absolute atomic E-state index is 5.50. The first kappa shape index (κ1) is 20.7. The third-order valence-electron chi connectivity index (χ3n) is 6.34. The van der Waals surface area contributed by atoms with Crippen LogP contribution in [-0.4, -0.2) is 62.6 Å². The number of hydrogen-bond acceptors (Lipinski definition) is 7. The maximum Gasteiger partial charge on any atom is 0.0733 e. The van der Waals surface area contributed by atoms with Crippen LogP contribution in [0.15, 0.2) is 70.7 Å². The fourth-order valence-corrected chi connectivity index (χ4v) is 5.61. The monoisotopic (exact) mass is 458 g/mol. The van der Waals surface area contributed by atoms with E-state index in [0.717, 1.165) is 63.6 Å². The van der Waals surface area contributed by atoms with E-state index in [1.54, 1.807) is 11.8 Å². The van der Waals surface area contributed by atoms with E-state index in [4.69, 9.17) is 9.47 Å². The number of nitrogens with zero attached hydrogens (tertiary/aromatic N) is 4. The molecule has 2 aromatic heterocycles. The minimum Gasteiger partial charge on any atom is -0.378 e. The lowest BCUT2D eigenvalue weighted by Gasteiger charge is -2.29. The minimum atomic E-state index is 0.781. The molecular formula is C26H26N4O2S. The van der Waals surface area contributed by atoms with Gasteiger partial charge in [-0.15, -0.1) is 0 Å². The van der Waals surface area contributed by atoms with Crippen molar-refractivity contribution >= 4 is 44.9 Å². The number of ether oxygens (including phenoxy) is 2. The predicted octanol–water partition coefficient (Wildman–Crippen LogP) is 4.61. The Labute approximate surface area is 197 Å². The lowest BCUT2D eigenvalue weighted by atomic mass is 10.2. The van der Waals surface area contributed by atoms with Crippen LogP contribution in [0.3, 0.4) is 0 Å². The zero-order valence-electron chi connectivity index (χ0n) is 18.4. The minimum absolute atomic E-state index is 0.781. The summed E-state index contributed by atoms with van der Waals surface area (Å²) in [6.07, 6.45) is 3.82. The highest BCUT2D eigenvalue weighted by atomic mass is 32.2. The van der Waals surface area contributed by atoms with E-state index >= 15 is 0 Å². The highest BCUT2D eigenvalue weighted by molar-refractivity contribution is 7.99. The van der Waals surface area contributed by atoms with Gasteiger partial charge >= 0.3 is 0 Å². The van der Waals surface area contributed by atoms with Crippen LogP contribution in [0, 0.1) is 0 Å². The van der Waals surface area contributed by atoms with Crippen LogP contribution in [0.2, 0.25) is 0 Å². The normalized spacial score (nSPS) is 17.1. The molecule has 0 N–H and O–H groups in total. The van der Waals surface area contributed by atoms with Crippen LogP contribution < -0.4 is 9.80 Å². The Hall–Kier alpha value is -2.87. The van der Waals surface area contributed by atoms with Gasteiger partial charge in [-0.25, -0.2) is 0 Å². The zero-order valence-corrected chi connectivity index (χ0v) is 19.3. The zero-order chi connectivity index (χ0) is 22.0. The molecule has 0 bridgehead atoms. The highest BCUT2D eigenvalue weighted by Crippen LogP contribution is 2.38. The molecule has 0 radical (unpaired) electrons. The van der Waals surface area contributed by atoms with Gasteiger partial charge in [0.15, 0.2) is 0 Å². The van der Waals surface area contributed by atoms with Gasteiger partial charge in [-0.1, -0.05) is 11.8 Å². The lowest BCUT2D eigenvalue weighted by Crippen LogP contribution is -2.36. The van der Waals surface area contributed by atoms with Crippen LogP contribution in [0.4, 0.5) is 11.4 Å². The molecule has 0 amide bonds. The first-order valence-corrected chi connectivity index (χ1v) is 12.3. The van der Waals surface area contributed by atoms with Crippen molar-refractivity contribution in [3.05, 3.63) is 60.9 Å². The quantitative estimate of drug-likeness (QED) is 0.443. The van der Waals surface area contributed by atoms with Gasteiger partial charge in [-0.05, 0) is 48.5 Å². The van der Waals surface area contributed by atoms with Gasteiger partial charge in [0.25, 0.3) is 0 Å². The van der Waals surface area contributed by atoms with E-state index < -0.39 is 0 Å². The Morgan fingerprint density at radius 2 is 1.06 bits per heavy atom. The predicted molar refractivity (Wildman–Crippen MR) is 134 cm³/mol.